The fourth-order valence-electron chi connectivity index (χ4n) is 2.85. The van der Waals surface area contributed by atoms with Crippen molar-refractivity contribution in [1.82, 2.24) is 9.97 Å². The third-order valence-electron chi connectivity index (χ3n) is 4.37. The van der Waals surface area contributed by atoms with Crippen LogP contribution in [0.4, 0.5) is 11.5 Å². The van der Waals surface area contributed by atoms with Gasteiger partial charge in [-0.15, -0.1) is 0 Å². The molecule has 0 aliphatic rings. The molecular formula is C19H19N4O8PS2. The summed E-state index contributed by atoms with van der Waals surface area (Å²) in [6, 6.07) is 11.3. The van der Waals surface area contributed by atoms with Crippen molar-refractivity contribution in [2.45, 2.75) is 10.6 Å². The topological polar surface area (TPSA) is 210 Å². The number of amides is 1. The van der Waals surface area contributed by atoms with E-state index < -0.39 is 39.9 Å². The molecule has 0 fully saturated rings. The van der Waals surface area contributed by atoms with Gasteiger partial charge in [-0.05, 0) is 29.8 Å². The third-order valence-corrected chi connectivity index (χ3v) is 8.64. The van der Waals surface area contributed by atoms with Gasteiger partial charge in [-0.25, -0.2) is 22.6 Å². The lowest BCUT2D eigenvalue weighted by Gasteiger charge is -2.10. The Balaban J connectivity index is 1.79. The molecule has 180 valence electrons. The first-order valence-corrected chi connectivity index (χ1v) is 14.0. The second-order valence-electron chi connectivity index (χ2n) is 7.04. The minimum Gasteiger partial charge on any atom is -0.382 e. The van der Waals surface area contributed by atoms with E-state index in [0.29, 0.717) is 16.8 Å². The molecule has 1 heterocycles. The summed E-state index contributed by atoms with van der Waals surface area (Å²) in [5.74, 6) is -0.889. The van der Waals surface area contributed by atoms with E-state index in [1.165, 1.54) is 18.3 Å². The molecule has 0 aliphatic carbocycles. The van der Waals surface area contributed by atoms with E-state index in [9.17, 15) is 22.0 Å². The first kappa shape index (κ1) is 25.6. The Kier molecular flexibility index (Phi) is 7.60. The van der Waals surface area contributed by atoms with Crippen LogP contribution in [0.15, 0.2) is 59.6 Å². The van der Waals surface area contributed by atoms with Gasteiger partial charge in [0.2, 0.25) is 0 Å². The maximum atomic E-state index is 12.7. The van der Waals surface area contributed by atoms with E-state index in [-0.39, 0.29) is 27.8 Å². The molecule has 0 spiro atoms. The molecule has 0 aliphatic heterocycles. The summed E-state index contributed by atoms with van der Waals surface area (Å²) in [6.45, 7) is 0. The van der Waals surface area contributed by atoms with E-state index in [1.807, 2.05) is 0 Å². The van der Waals surface area contributed by atoms with Crippen molar-refractivity contribution in [3.05, 3.63) is 66.0 Å². The molecule has 0 saturated carbocycles. The molecule has 2 aromatic carbocycles. The molecule has 1 unspecified atom stereocenters. The number of aromatic nitrogens is 2. The molecular weight excluding hydrogens is 507 g/mol. The fraction of sp³-hybridized carbons (Fsp3) is 0.105. The highest BCUT2D eigenvalue weighted by Crippen LogP contribution is 2.38. The Labute approximate surface area is 196 Å². The number of rotatable bonds is 8. The summed E-state index contributed by atoms with van der Waals surface area (Å²) in [4.78, 5) is 38.4. The van der Waals surface area contributed by atoms with Crippen molar-refractivity contribution >= 4 is 45.9 Å². The van der Waals surface area contributed by atoms with Gasteiger partial charge < -0.3 is 25.4 Å². The highest BCUT2D eigenvalue weighted by Gasteiger charge is 2.26. The van der Waals surface area contributed by atoms with E-state index in [2.05, 4.69) is 15.3 Å². The lowest BCUT2D eigenvalue weighted by atomic mass is 10.1. The monoisotopic (exact) mass is 526 g/mol. The van der Waals surface area contributed by atoms with Crippen LogP contribution in [0.25, 0.3) is 11.3 Å². The lowest BCUT2D eigenvalue weighted by molar-refractivity contribution is 0.102. The first-order valence-electron chi connectivity index (χ1n) is 9.32. The van der Waals surface area contributed by atoms with Gasteiger partial charge in [0.15, 0.2) is 37.9 Å². The van der Waals surface area contributed by atoms with Gasteiger partial charge in [0.25, 0.3) is 5.91 Å². The van der Waals surface area contributed by atoms with Crippen molar-refractivity contribution in [1.29, 1.82) is 0 Å². The van der Waals surface area contributed by atoms with Gasteiger partial charge in [0.05, 0.1) is 22.5 Å². The number of carbonyl (C=O) groups excluding carboxylic acids is 1. The molecule has 1 atom stereocenters. The zero-order valence-electron chi connectivity index (χ0n) is 17.2. The predicted molar refractivity (Wildman–Crippen MR) is 125 cm³/mol. The Morgan fingerprint density at radius 2 is 1.71 bits per heavy atom. The fourth-order valence-corrected chi connectivity index (χ4v) is 6.25. The SMILES string of the molecule is Nc1ncc(-c2ccc(CS(=O)O)cc2)nc1C(=O)Nc1ccc(S(=O)(=O)CP(=O)(O)O)cc1. The maximum absolute atomic E-state index is 12.7. The Hall–Kier alpha value is -3.00. The van der Waals surface area contributed by atoms with Crippen LogP contribution < -0.4 is 11.1 Å². The number of nitrogens with two attached hydrogens (primary N) is 1. The Bertz CT molecular complexity index is 1390. The van der Waals surface area contributed by atoms with Crippen LogP contribution >= 0.6 is 7.60 Å². The van der Waals surface area contributed by atoms with Crippen LogP contribution in [0.1, 0.15) is 16.1 Å². The summed E-state index contributed by atoms with van der Waals surface area (Å²) in [6.07, 6.45) is 1.37. The van der Waals surface area contributed by atoms with Crippen LogP contribution in [0.2, 0.25) is 0 Å². The van der Waals surface area contributed by atoms with E-state index in [4.69, 9.17) is 20.1 Å². The molecule has 3 aromatic rings. The average molecular weight is 526 g/mol. The maximum Gasteiger partial charge on any atom is 0.340 e. The number of benzene rings is 2. The first-order chi connectivity index (χ1) is 15.8. The molecule has 12 nitrogen and oxygen atoms in total. The standard InChI is InChI=1S/C19H19N4O8PS2/c20-18-17(23-16(9-21-18)13-3-1-12(2-4-13)10-33(28)29)19(24)22-14-5-7-15(8-6-14)34(30,31)11-32(25,26)27/h1-9H,10-11H2,(H2,20,21)(H,22,24)(H,28,29)(H2,25,26,27). The third kappa shape index (κ3) is 6.76. The second-order valence-corrected chi connectivity index (χ2v) is 12.0. The van der Waals surface area contributed by atoms with Gasteiger partial charge in [0.1, 0.15) is 0 Å². The molecule has 3 rings (SSSR count). The van der Waals surface area contributed by atoms with Gasteiger partial charge in [-0.2, -0.15) is 0 Å². The van der Waals surface area contributed by atoms with E-state index >= 15 is 0 Å². The number of carbonyl (C=O) groups is 1. The largest absolute Gasteiger partial charge is 0.382 e. The van der Waals surface area contributed by atoms with Crippen LogP contribution in [0.3, 0.4) is 0 Å². The lowest BCUT2D eigenvalue weighted by Crippen LogP contribution is -2.17. The number of hydrogen-bond donors (Lipinski definition) is 5. The van der Waals surface area contributed by atoms with Gasteiger partial charge >= 0.3 is 7.60 Å². The van der Waals surface area contributed by atoms with E-state index in [1.54, 1.807) is 24.3 Å². The number of nitrogens with one attached hydrogen (secondary N) is 1. The molecule has 0 radical (unpaired) electrons. The molecule has 1 amide bonds. The summed E-state index contributed by atoms with van der Waals surface area (Å²) in [5, 5.41) is 2.50. The molecule has 34 heavy (non-hydrogen) atoms. The van der Waals surface area contributed by atoms with Crippen molar-refractivity contribution in [2.75, 3.05) is 16.5 Å². The molecule has 0 bridgehead atoms. The number of anilines is 2. The summed E-state index contributed by atoms with van der Waals surface area (Å²) in [7, 11) is -9.00. The zero-order valence-corrected chi connectivity index (χ0v) is 19.8. The average Bonchev–Trinajstić information content (AvgIpc) is 2.73. The van der Waals surface area contributed by atoms with Crippen LogP contribution in [0.5, 0.6) is 0 Å². The van der Waals surface area contributed by atoms with E-state index in [0.717, 1.165) is 12.1 Å². The van der Waals surface area contributed by atoms with Crippen LogP contribution in [-0.4, -0.2) is 48.3 Å². The Morgan fingerprint density at radius 3 is 2.26 bits per heavy atom. The number of nitrogens with zero attached hydrogens (tertiary/aromatic N) is 2. The normalized spacial score (nSPS) is 12.8. The molecule has 0 saturated heterocycles. The number of nitrogen functional groups attached to an aromatic ring is 1. The van der Waals surface area contributed by atoms with Gasteiger partial charge in [-0.1, -0.05) is 24.3 Å². The quantitative estimate of drug-likeness (QED) is 0.210. The van der Waals surface area contributed by atoms with Crippen molar-refractivity contribution in [3.8, 4) is 11.3 Å². The van der Waals surface area contributed by atoms with Crippen LogP contribution in [0, 0.1) is 0 Å². The highest BCUT2D eigenvalue weighted by molar-refractivity contribution is 7.97. The minimum absolute atomic E-state index is 0.0270. The molecule has 15 heteroatoms. The van der Waals surface area contributed by atoms with Crippen molar-refractivity contribution in [2.24, 2.45) is 0 Å². The summed E-state index contributed by atoms with van der Waals surface area (Å²) >= 11 is -1.98. The summed E-state index contributed by atoms with van der Waals surface area (Å²) in [5.41, 5.74) is 6.02. The minimum atomic E-state index is -4.78. The number of sulfone groups is 1. The van der Waals surface area contributed by atoms with Gasteiger partial charge in [-0.3, -0.25) is 9.36 Å². The Morgan fingerprint density at radius 1 is 1.09 bits per heavy atom. The highest BCUT2D eigenvalue weighted by atomic mass is 32.2. The number of hydrogen-bond acceptors (Lipinski definition) is 8. The second kappa shape index (κ2) is 10.1. The predicted octanol–water partition coefficient (Wildman–Crippen LogP) is 1.61. The molecule has 1 aromatic heterocycles. The van der Waals surface area contributed by atoms with Crippen molar-refractivity contribution < 1.29 is 36.3 Å². The smallest absolute Gasteiger partial charge is 0.340 e. The van der Waals surface area contributed by atoms with Crippen LogP contribution in [-0.2, 0) is 31.2 Å². The van der Waals surface area contributed by atoms with Gasteiger partial charge in [0, 0.05) is 11.3 Å². The molecule has 6 N–H and O–H groups in total. The zero-order chi connectivity index (χ0) is 25.1. The van der Waals surface area contributed by atoms with Crippen molar-refractivity contribution in [3.63, 3.8) is 0 Å². The summed E-state index contributed by atoms with van der Waals surface area (Å²) < 4.78 is 55.0.